The third-order valence-electron chi connectivity index (χ3n) is 3.23. The van der Waals surface area contributed by atoms with Crippen molar-refractivity contribution in [1.29, 1.82) is 0 Å². The number of hydrogen-bond acceptors (Lipinski definition) is 2. The van der Waals surface area contributed by atoms with Crippen molar-refractivity contribution >= 4 is 45.8 Å². The summed E-state index contributed by atoms with van der Waals surface area (Å²) in [7, 11) is 0. The summed E-state index contributed by atoms with van der Waals surface area (Å²) in [6.45, 7) is 0.324. The van der Waals surface area contributed by atoms with E-state index in [1.807, 2.05) is 30.3 Å². The number of benzene rings is 2. The first-order valence-corrected chi connectivity index (χ1v) is 7.95. The van der Waals surface area contributed by atoms with E-state index in [0.717, 1.165) is 14.7 Å². The van der Waals surface area contributed by atoms with Gasteiger partial charge in [-0.3, -0.25) is 0 Å². The molecular weight excluding hydrogens is 408 g/mol. The van der Waals surface area contributed by atoms with Gasteiger partial charge in [0.25, 0.3) is 0 Å². The molecule has 0 bridgehead atoms. The second-order valence-electron chi connectivity index (χ2n) is 4.48. The molecule has 0 heterocycles. The molecular formula is C15H14Cl2INO. The molecule has 0 saturated heterocycles. The van der Waals surface area contributed by atoms with E-state index >= 15 is 0 Å². The van der Waals surface area contributed by atoms with E-state index in [0.29, 0.717) is 16.6 Å². The summed E-state index contributed by atoms with van der Waals surface area (Å²) in [6.07, 6.45) is -0.676. The molecule has 0 amide bonds. The smallest absolute Gasteiger partial charge is 0.0880 e. The number of halogens is 3. The largest absolute Gasteiger partial charge is 0.388 e. The third kappa shape index (κ3) is 3.46. The molecule has 106 valence electrons. The molecule has 2 aromatic rings. The van der Waals surface area contributed by atoms with Crippen LogP contribution in [-0.2, 0) is 0 Å². The topological polar surface area (TPSA) is 46.2 Å². The van der Waals surface area contributed by atoms with Gasteiger partial charge in [-0.05, 0) is 51.9 Å². The zero-order chi connectivity index (χ0) is 14.7. The van der Waals surface area contributed by atoms with Crippen molar-refractivity contribution in [2.75, 3.05) is 6.54 Å². The fourth-order valence-electron chi connectivity index (χ4n) is 2.12. The number of nitrogens with two attached hydrogens (primary N) is 1. The molecule has 0 aliphatic carbocycles. The minimum atomic E-state index is -0.676. The van der Waals surface area contributed by atoms with Crippen molar-refractivity contribution in [3.8, 4) is 0 Å². The molecule has 0 aliphatic rings. The number of rotatable bonds is 4. The Hall–Kier alpha value is -0.330. The van der Waals surface area contributed by atoms with Crippen LogP contribution >= 0.6 is 45.8 Å². The zero-order valence-electron chi connectivity index (χ0n) is 10.6. The Bertz CT molecular complexity index is 606. The summed E-state index contributed by atoms with van der Waals surface area (Å²) >= 11 is 14.2. The normalized spacial score (nSPS) is 14.1. The predicted octanol–water partition coefficient (Wildman–Crippen LogP) is 4.37. The van der Waals surface area contributed by atoms with Crippen LogP contribution in [0, 0.1) is 3.57 Å². The first-order valence-electron chi connectivity index (χ1n) is 6.12. The Morgan fingerprint density at radius 1 is 1.10 bits per heavy atom. The van der Waals surface area contributed by atoms with Crippen molar-refractivity contribution in [2.24, 2.45) is 5.73 Å². The monoisotopic (exact) mass is 421 g/mol. The van der Waals surface area contributed by atoms with E-state index in [1.54, 1.807) is 12.1 Å². The van der Waals surface area contributed by atoms with Gasteiger partial charge < -0.3 is 10.8 Å². The molecule has 2 unspecified atom stereocenters. The van der Waals surface area contributed by atoms with Gasteiger partial charge in [0.05, 0.1) is 16.1 Å². The van der Waals surface area contributed by atoms with Crippen molar-refractivity contribution in [1.82, 2.24) is 0 Å². The lowest BCUT2D eigenvalue weighted by Crippen LogP contribution is -2.20. The maximum Gasteiger partial charge on any atom is 0.0880 e. The van der Waals surface area contributed by atoms with Gasteiger partial charge in [0.15, 0.2) is 0 Å². The van der Waals surface area contributed by atoms with Gasteiger partial charge >= 0.3 is 0 Å². The number of aliphatic hydroxyl groups excluding tert-OH is 1. The van der Waals surface area contributed by atoms with Crippen molar-refractivity contribution in [2.45, 2.75) is 12.0 Å². The van der Waals surface area contributed by atoms with Crippen LogP contribution in [0.3, 0.4) is 0 Å². The quantitative estimate of drug-likeness (QED) is 0.720. The fraction of sp³-hybridized carbons (Fsp3) is 0.200. The molecule has 20 heavy (non-hydrogen) atoms. The zero-order valence-corrected chi connectivity index (χ0v) is 14.2. The molecule has 0 fully saturated rings. The van der Waals surface area contributed by atoms with Crippen molar-refractivity contribution < 1.29 is 5.11 Å². The molecule has 0 aliphatic heterocycles. The van der Waals surface area contributed by atoms with Crippen LogP contribution in [0.1, 0.15) is 23.1 Å². The second kappa shape index (κ2) is 7.09. The molecule has 3 N–H and O–H groups in total. The first kappa shape index (κ1) is 16.0. The van der Waals surface area contributed by atoms with Crippen LogP contribution in [-0.4, -0.2) is 11.7 Å². The minimum Gasteiger partial charge on any atom is -0.388 e. The molecule has 5 heteroatoms. The summed E-state index contributed by atoms with van der Waals surface area (Å²) in [5, 5.41) is 11.6. The molecule has 0 spiro atoms. The summed E-state index contributed by atoms with van der Waals surface area (Å²) in [4.78, 5) is 0. The van der Waals surface area contributed by atoms with E-state index in [9.17, 15) is 5.11 Å². The Kier molecular flexibility index (Phi) is 5.69. The van der Waals surface area contributed by atoms with Crippen LogP contribution < -0.4 is 5.73 Å². The maximum atomic E-state index is 10.6. The lowest BCUT2D eigenvalue weighted by atomic mass is 9.89. The standard InChI is InChI=1S/C15H14Cl2INO/c16-12-6-5-9(7-13(12)17)11(8-19)15(20)10-3-1-2-4-14(10)18/h1-7,11,15,20H,8,19H2. The van der Waals surface area contributed by atoms with Gasteiger partial charge in [0.2, 0.25) is 0 Å². The molecule has 2 atom stereocenters. The third-order valence-corrected chi connectivity index (χ3v) is 4.95. The molecule has 0 radical (unpaired) electrons. The van der Waals surface area contributed by atoms with Gasteiger partial charge in [-0.1, -0.05) is 47.5 Å². The fourth-order valence-corrected chi connectivity index (χ4v) is 3.13. The van der Waals surface area contributed by atoms with Crippen LogP contribution in [0.15, 0.2) is 42.5 Å². The van der Waals surface area contributed by atoms with E-state index in [4.69, 9.17) is 28.9 Å². The minimum absolute atomic E-state index is 0.222. The highest BCUT2D eigenvalue weighted by atomic mass is 127. The second-order valence-corrected chi connectivity index (χ2v) is 6.46. The van der Waals surface area contributed by atoms with Crippen LogP contribution in [0.25, 0.3) is 0 Å². The first-order chi connectivity index (χ1) is 9.54. The lowest BCUT2D eigenvalue weighted by molar-refractivity contribution is 0.146. The van der Waals surface area contributed by atoms with Gasteiger partial charge in [0, 0.05) is 16.0 Å². The summed E-state index contributed by atoms with van der Waals surface area (Å²) in [6, 6.07) is 13.1. The SMILES string of the molecule is NCC(c1ccc(Cl)c(Cl)c1)C(O)c1ccccc1I. The number of aliphatic hydroxyl groups is 1. The van der Waals surface area contributed by atoms with Crippen LogP contribution in [0.4, 0.5) is 0 Å². The van der Waals surface area contributed by atoms with Gasteiger partial charge in [-0.2, -0.15) is 0 Å². The number of hydrogen-bond donors (Lipinski definition) is 2. The maximum absolute atomic E-state index is 10.6. The Morgan fingerprint density at radius 2 is 1.80 bits per heavy atom. The highest BCUT2D eigenvalue weighted by molar-refractivity contribution is 14.1. The summed E-state index contributed by atoms with van der Waals surface area (Å²) < 4.78 is 1.01. The van der Waals surface area contributed by atoms with Crippen molar-refractivity contribution in [3.63, 3.8) is 0 Å². The van der Waals surface area contributed by atoms with E-state index in [-0.39, 0.29) is 5.92 Å². The Morgan fingerprint density at radius 3 is 2.40 bits per heavy atom. The molecule has 2 nitrogen and oxygen atoms in total. The van der Waals surface area contributed by atoms with Gasteiger partial charge in [0.1, 0.15) is 0 Å². The van der Waals surface area contributed by atoms with E-state index in [2.05, 4.69) is 22.6 Å². The van der Waals surface area contributed by atoms with Gasteiger partial charge in [-0.15, -0.1) is 0 Å². The van der Waals surface area contributed by atoms with E-state index in [1.165, 1.54) is 0 Å². The molecule has 2 rings (SSSR count). The van der Waals surface area contributed by atoms with Gasteiger partial charge in [-0.25, -0.2) is 0 Å². The Labute approximate surface area is 142 Å². The molecule has 2 aromatic carbocycles. The highest BCUT2D eigenvalue weighted by Gasteiger charge is 2.23. The van der Waals surface area contributed by atoms with E-state index < -0.39 is 6.10 Å². The lowest BCUT2D eigenvalue weighted by Gasteiger charge is -2.23. The van der Waals surface area contributed by atoms with Crippen LogP contribution in [0.2, 0.25) is 10.0 Å². The average Bonchev–Trinajstić information content (AvgIpc) is 2.44. The highest BCUT2D eigenvalue weighted by Crippen LogP contribution is 2.35. The Balaban J connectivity index is 2.36. The molecule has 0 saturated carbocycles. The van der Waals surface area contributed by atoms with Crippen LogP contribution in [0.5, 0.6) is 0 Å². The summed E-state index contributed by atoms with van der Waals surface area (Å²) in [5.74, 6) is -0.222. The summed E-state index contributed by atoms with van der Waals surface area (Å²) in [5.41, 5.74) is 7.60. The average molecular weight is 422 g/mol. The van der Waals surface area contributed by atoms with Crippen molar-refractivity contribution in [3.05, 3.63) is 67.2 Å². The molecule has 0 aromatic heterocycles. The predicted molar refractivity (Wildman–Crippen MR) is 92.4 cm³/mol.